The molecule has 3 heterocycles. The Balaban J connectivity index is 1.69. The molecule has 1 unspecified atom stereocenters. The van der Waals surface area contributed by atoms with E-state index in [0.29, 0.717) is 17.8 Å². The summed E-state index contributed by atoms with van der Waals surface area (Å²) in [7, 11) is 0. The number of anilines is 1. The van der Waals surface area contributed by atoms with E-state index >= 15 is 0 Å². The van der Waals surface area contributed by atoms with Crippen LogP contribution in [0.25, 0.3) is 11.5 Å². The predicted molar refractivity (Wildman–Crippen MR) is 85.6 cm³/mol. The first-order chi connectivity index (χ1) is 10.4. The molecule has 0 radical (unpaired) electrons. The van der Waals surface area contributed by atoms with Crippen molar-refractivity contribution in [3.05, 3.63) is 24.2 Å². The lowest BCUT2D eigenvalue weighted by Gasteiger charge is -2.31. The minimum Gasteiger partial charge on any atom is -0.366 e. The van der Waals surface area contributed by atoms with Gasteiger partial charge in [0.05, 0.1) is 0 Å². The predicted octanol–water partition coefficient (Wildman–Crippen LogP) is 2.72. The molecule has 2 aromatic heterocycles. The van der Waals surface area contributed by atoms with E-state index in [2.05, 4.69) is 46.1 Å². The van der Waals surface area contributed by atoms with Crippen LogP contribution in [-0.4, -0.2) is 44.7 Å². The largest absolute Gasteiger partial charge is 0.366 e. The molecule has 1 saturated heterocycles. The summed E-state index contributed by atoms with van der Waals surface area (Å²) in [4.78, 5) is 11.2. The van der Waals surface area contributed by atoms with Crippen LogP contribution in [0.15, 0.2) is 22.9 Å². The number of nitrogens with one attached hydrogen (secondary N) is 1. The van der Waals surface area contributed by atoms with E-state index in [1.165, 1.54) is 0 Å². The molecule has 3 rings (SSSR count). The summed E-state index contributed by atoms with van der Waals surface area (Å²) in [5.41, 5.74) is 1.11. The molecule has 6 heteroatoms. The molecule has 0 saturated carbocycles. The monoisotopic (exact) mass is 301 g/mol. The highest BCUT2D eigenvalue weighted by Crippen LogP contribution is 2.24. The average molecular weight is 301 g/mol. The first-order valence-corrected chi connectivity index (χ1v) is 7.70. The molecule has 1 N–H and O–H groups in total. The number of likely N-dealkylation sites (tertiary alicyclic amines) is 1. The first kappa shape index (κ1) is 15.0. The van der Waals surface area contributed by atoms with Crippen LogP contribution < -0.4 is 5.32 Å². The van der Waals surface area contributed by atoms with Gasteiger partial charge in [0.25, 0.3) is 5.89 Å². The second-order valence-corrected chi connectivity index (χ2v) is 6.82. The second-order valence-electron chi connectivity index (χ2n) is 6.82. The summed E-state index contributed by atoms with van der Waals surface area (Å²) in [6, 6.07) is 4.27. The van der Waals surface area contributed by atoms with Crippen molar-refractivity contribution < 1.29 is 4.52 Å². The third-order valence-electron chi connectivity index (χ3n) is 4.02. The van der Waals surface area contributed by atoms with E-state index in [-0.39, 0.29) is 5.54 Å². The molecule has 0 aliphatic carbocycles. The fraction of sp³-hybridized carbons (Fsp3) is 0.562. The van der Waals surface area contributed by atoms with Crippen molar-refractivity contribution in [1.82, 2.24) is 20.0 Å². The van der Waals surface area contributed by atoms with Gasteiger partial charge in [0.2, 0.25) is 0 Å². The SMILES string of the molecule is Cc1noc(-c2ccnc(NC3CCN(C(C)(C)C)C3)c2)n1. The fourth-order valence-corrected chi connectivity index (χ4v) is 2.75. The fourth-order valence-electron chi connectivity index (χ4n) is 2.75. The molecule has 0 aromatic carbocycles. The van der Waals surface area contributed by atoms with Crippen LogP contribution in [0.4, 0.5) is 5.82 Å². The van der Waals surface area contributed by atoms with Crippen LogP contribution in [0.2, 0.25) is 0 Å². The Bertz CT molecular complexity index is 646. The smallest absolute Gasteiger partial charge is 0.258 e. The van der Waals surface area contributed by atoms with Gasteiger partial charge >= 0.3 is 0 Å². The quantitative estimate of drug-likeness (QED) is 0.940. The Hall–Kier alpha value is -1.95. The molecule has 1 aliphatic rings. The zero-order valence-corrected chi connectivity index (χ0v) is 13.6. The van der Waals surface area contributed by atoms with Crippen molar-refractivity contribution in [1.29, 1.82) is 0 Å². The average Bonchev–Trinajstić information content (AvgIpc) is 3.08. The van der Waals surface area contributed by atoms with Crippen molar-refractivity contribution in [2.75, 3.05) is 18.4 Å². The highest BCUT2D eigenvalue weighted by molar-refractivity contribution is 5.58. The molecule has 118 valence electrons. The van der Waals surface area contributed by atoms with Crippen molar-refractivity contribution in [3.63, 3.8) is 0 Å². The minimum atomic E-state index is 0.215. The van der Waals surface area contributed by atoms with Gasteiger partial charge in [-0.25, -0.2) is 4.98 Å². The van der Waals surface area contributed by atoms with Crippen LogP contribution in [0.1, 0.15) is 33.0 Å². The topological polar surface area (TPSA) is 67.1 Å². The van der Waals surface area contributed by atoms with E-state index in [4.69, 9.17) is 4.52 Å². The normalized spacial score (nSPS) is 19.5. The van der Waals surface area contributed by atoms with Crippen molar-refractivity contribution in [3.8, 4) is 11.5 Å². The summed E-state index contributed by atoms with van der Waals surface area (Å²) in [6.07, 6.45) is 2.90. The van der Waals surface area contributed by atoms with Crippen molar-refractivity contribution in [2.45, 2.75) is 45.7 Å². The van der Waals surface area contributed by atoms with E-state index < -0.39 is 0 Å². The molecule has 1 fully saturated rings. The molecule has 1 atom stereocenters. The molecule has 6 nitrogen and oxygen atoms in total. The molecular formula is C16H23N5O. The standard InChI is InChI=1S/C16H23N5O/c1-11-18-15(22-20-11)12-5-7-17-14(9-12)19-13-6-8-21(10-13)16(2,3)4/h5,7,9,13H,6,8,10H2,1-4H3,(H,17,19). The molecule has 0 spiro atoms. The Morgan fingerprint density at radius 2 is 2.18 bits per heavy atom. The highest BCUT2D eigenvalue weighted by atomic mass is 16.5. The lowest BCUT2D eigenvalue weighted by Crippen LogP contribution is -2.40. The summed E-state index contributed by atoms with van der Waals surface area (Å²) >= 11 is 0. The summed E-state index contributed by atoms with van der Waals surface area (Å²) in [5.74, 6) is 2.03. The maximum absolute atomic E-state index is 5.21. The van der Waals surface area contributed by atoms with Crippen molar-refractivity contribution in [2.24, 2.45) is 0 Å². The number of hydrogen-bond acceptors (Lipinski definition) is 6. The number of aryl methyl sites for hydroxylation is 1. The van der Waals surface area contributed by atoms with E-state index in [0.717, 1.165) is 30.9 Å². The van der Waals surface area contributed by atoms with E-state index in [1.807, 2.05) is 19.1 Å². The molecule has 2 aromatic rings. The highest BCUT2D eigenvalue weighted by Gasteiger charge is 2.30. The van der Waals surface area contributed by atoms with Gasteiger partial charge in [0.15, 0.2) is 5.82 Å². The van der Waals surface area contributed by atoms with Gasteiger partial charge in [-0.05, 0) is 46.2 Å². The molecule has 0 amide bonds. The zero-order chi connectivity index (χ0) is 15.7. The first-order valence-electron chi connectivity index (χ1n) is 7.70. The van der Waals surface area contributed by atoms with Gasteiger partial charge < -0.3 is 9.84 Å². The Kier molecular flexibility index (Phi) is 3.87. The van der Waals surface area contributed by atoms with Crippen LogP contribution >= 0.6 is 0 Å². The van der Waals surface area contributed by atoms with Crippen LogP contribution in [-0.2, 0) is 0 Å². The molecule has 1 aliphatic heterocycles. The van der Waals surface area contributed by atoms with Gasteiger partial charge in [-0.2, -0.15) is 4.98 Å². The van der Waals surface area contributed by atoms with Gasteiger partial charge in [0, 0.05) is 36.4 Å². The summed E-state index contributed by atoms with van der Waals surface area (Å²) in [5, 5.41) is 7.35. The van der Waals surface area contributed by atoms with E-state index in [1.54, 1.807) is 6.20 Å². The van der Waals surface area contributed by atoms with Gasteiger partial charge in [0.1, 0.15) is 5.82 Å². The van der Waals surface area contributed by atoms with Crippen LogP contribution in [0, 0.1) is 6.92 Å². The number of pyridine rings is 1. The maximum atomic E-state index is 5.21. The number of rotatable bonds is 3. The number of aromatic nitrogens is 3. The Morgan fingerprint density at radius 1 is 1.36 bits per heavy atom. The third kappa shape index (κ3) is 3.27. The summed E-state index contributed by atoms with van der Waals surface area (Å²) < 4.78 is 5.21. The van der Waals surface area contributed by atoms with Crippen molar-refractivity contribution >= 4 is 5.82 Å². The molecule has 22 heavy (non-hydrogen) atoms. The maximum Gasteiger partial charge on any atom is 0.258 e. The van der Waals surface area contributed by atoms with Crippen LogP contribution in [0.3, 0.4) is 0 Å². The second kappa shape index (κ2) is 5.68. The third-order valence-corrected chi connectivity index (χ3v) is 4.02. The number of nitrogens with zero attached hydrogens (tertiary/aromatic N) is 4. The Morgan fingerprint density at radius 3 is 2.82 bits per heavy atom. The van der Waals surface area contributed by atoms with Gasteiger partial charge in [-0.1, -0.05) is 5.16 Å². The lowest BCUT2D eigenvalue weighted by atomic mass is 10.1. The number of hydrogen-bond donors (Lipinski definition) is 1. The zero-order valence-electron chi connectivity index (χ0n) is 13.6. The van der Waals surface area contributed by atoms with Gasteiger partial charge in [-0.3, -0.25) is 4.90 Å². The van der Waals surface area contributed by atoms with Gasteiger partial charge in [-0.15, -0.1) is 0 Å². The minimum absolute atomic E-state index is 0.215. The summed E-state index contributed by atoms with van der Waals surface area (Å²) in [6.45, 7) is 10.7. The molecular weight excluding hydrogens is 278 g/mol. The van der Waals surface area contributed by atoms with E-state index in [9.17, 15) is 0 Å². The lowest BCUT2D eigenvalue weighted by molar-refractivity contribution is 0.174. The Labute approximate surface area is 130 Å². The molecule has 0 bridgehead atoms. The van der Waals surface area contributed by atoms with Crippen LogP contribution in [0.5, 0.6) is 0 Å².